The maximum Gasteiger partial charge on any atom is 0.264 e. The monoisotopic (exact) mass is 284 g/mol. The number of carbonyl (C=O) groups excluding carboxylic acids is 2. The summed E-state index contributed by atoms with van der Waals surface area (Å²) >= 11 is 0. The summed E-state index contributed by atoms with van der Waals surface area (Å²) < 4.78 is 5.31. The first-order chi connectivity index (χ1) is 10.1. The molecule has 0 atom stereocenters. The van der Waals surface area contributed by atoms with E-state index in [1.807, 2.05) is 0 Å². The van der Waals surface area contributed by atoms with Crippen LogP contribution in [-0.4, -0.2) is 35.4 Å². The Kier molecular flexibility index (Phi) is 3.23. The van der Waals surface area contributed by atoms with Crippen LogP contribution in [0.2, 0.25) is 0 Å². The highest BCUT2D eigenvalue weighted by Crippen LogP contribution is 2.32. The van der Waals surface area contributed by atoms with E-state index in [9.17, 15) is 9.59 Å². The van der Waals surface area contributed by atoms with Gasteiger partial charge < -0.3 is 9.64 Å². The van der Waals surface area contributed by atoms with E-state index in [-0.39, 0.29) is 24.4 Å². The second-order valence-electron chi connectivity index (χ2n) is 4.45. The van der Waals surface area contributed by atoms with Gasteiger partial charge in [0.1, 0.15) is 5.75 Å². The Morgan fingerprint density at radius 1 is 1.33 bits per heavy atom. The zero-order valence-corrected chi connectivity index (χ0v) is 11.2. The minimum absolute atomic E-state index is 0.00684. The zero-order valence-electron chi connectivity index (χ0n) is 11.2. The lowest BCUT2D eigenvalue weighted by atomic mass is 10.1. The summed E-state index contributed by atoms with van der Waals surface area (Å²) in [5.41, 5.74) is 0.958. The minimum atomic E-state index is -0.351. The first-order valence-electron chi connectivity index (χ1n) is 6.27. The third kappa shape index (κ3) is 2.53. The molecule has 0 fully saturated rings. The molecule has 1 aliphatic rings. The van der Waals surface area contributed by atoms with Crippen molar-refractivity contribution in [3.63, 3.8) is 0 Å². The van der Waals surface area contributed by atoms with Gasteiger partial charge in [-0.3, -0.25) is 14.9 Å². The fourth-order valence-corrected chi connectivity index (χ4v) is 1.95. The number of hydrogen-bond donors (Lipinski definition) is 1. The molecule has 1 aliphatic heterocycles. The number of fused-ring (bicyclic) bond motifs is 1. The zero-order chi connectivity index (χ0) is 14.8. The Bertz CT molecular complexity index is 703. The summed E-state index contributed by atoms with van der Waals surface area (Å²) in [6.45, 7) is 0.00684. The van der Waals surface area contributed by atoms with Gasteiger partial charge in [0.15, 0.2) is 6.61 Å². The average Bonchev–Trinajstić information content (AvgIpc) is 2.52. The fourth-order valence-electron chi connectivity index (χ4n) is 1.95. The van der Waals surface area contributed by atoms with Gasteiger partial charge in [-0.05, 0) is 24.3 Å². The summed E-state index contributed by atoms with van der Waals surface area (Å²) in [4.78, 5) is 33.1. The van der Waals surface area contributed by atoms with E-state index in [1.54, 1.807) is 31.3 Å². The van der Waals surface area contributed by atoms with E-state index in [1.165, 1.54) is 17.3 Å². The molecule has 2 heterocycles. The molecule has 7 heteroatoms. The molecule has 7 nitrogen and oxygen atoms in total. The predicted octanol–water partition coefficient (Wildman–Crippen LogP) is 1.08. The molecular formula is C14H12N4O3. The Labute approximate surface area is 120 Å². The third-order valence-electron chi connectivity index (χ3n) is 3.10. The Hall–Kier alpha value is -2.96. The van der Waals surface area contributed by atoms with Crippen LogP contribution < -0.4 is 15.0 Å². The van der Waals surface area contributed by atoms with Crippen LogP contribution >= 0.6 is 0 Å². The van der Waals surface area contributed by atoms with E-state index >= 15 is 0 Å². The molecular weight excluding hydrogens is 272 g/mol. The molecule has 0 aliphatic carbocycles. The lowest BCUT2D eigenvalue weighted by molar-refractivity contribution is -0.120. The number of carbonyl (C=O) groups is 2. The van der Waals surface area contributed by atoms with E-state index < -0.39 is 0 Å². The van der Waals surface area contributed by atoms with Crippen molar-refractivity contribution in [3.05, 3.63) is 42.2 Å². The van der Waals surface area contributed by atoms with Crippen LogP contribution in [0.4, 0.5) is 11.6 Å². The van der Waals surface area contributed by atoms with Gasteiger partial charge in [-0.2, -0.15) is 0 Å². The van der Waals surface area contributed by atoms with E-state index in [2.05, 4.69) is 15.3 Å². The quantitative estimate of drug-likeness (QED) is 0.892. The topological polar surface area (TPSA) is 84.4 Å². The number of aromatic nitrogens is 2. The molecule has 1 N–H and O–H groups in total. The number of amides is 2. The number of ether oxygens (including phenoxy) is 1. The molecule has 21 heavy (non-hydrogen) atoms. The van der Waals surface area contributed by atoms with Crippen LogP contribution in [0.25, 0.3) is 0 Å². The SMILES string of the molecule is CN1C(=O)COc2ccc(C(=O)Nc3ncccn3)cc21. The first kappa shape index (κ1) is 13.0. The Balaban J connectivity index is 1.86. The molecule has 1 aromatic carbocycles. The van der Waals surface area contributed by atoms with Gasteiger partial charge in [0.25, 0.3) is 11.8 Å². The number of nitrogens with one attached hydrogen (secondary N) is 1. The highest BCUT2D eigenvalue weighted by atomic mass is 16.5. The molecule has 0 unspecified atom stereocenters. The maximum atomic E-state index is 12.2. The van der Waals surface area contributed by atoms with E-state index in [0.29, 0.717) is 17.0 Å². The normalized spacial score (nSPS) is 13.4. The lowest BCUT2D eigenvalue weighted by Crippen LogP contribution is -2.35. The van der Waals surface area contributed by atoms with Crippen molar-refractivity contribution < 1.29 is 14.3 Å². The standard InChI is InChI=1S/C14H12N4O3/c1-18-10-7-9(3-4-11(10)21-8-12(18)19)13(20)17-14-15-5-2-6-16-14/h2-7H,8H2,1H3,(H,15,16,17,20). The van der Waals surface area contributed by atoms with Gasteiger partial charge in [0.05, 0.1) is 5.69 Å². The van der Waals surface area contributed by atoms with Crippen LogP contribution in [0, 0.1) is 0 Å². The number of nitrogens with zero attached hydrogens (tertiary/aromatic N) is 3. The third-order valence-corrected chi connectivity index (χ3v) is 3.10. The van der Waals surface area contributed by atoms with Crippen molar-refractivity contribution in [2.45, 2.75) is 0 Å². The van der Waals surface area contributed by atoms with Crippen LogP contribution in [0.1, 0.15) is 10.4 Å². The second-order valence-corrected chi connectivity index (χ2v) is 4.45. The van der Waals surface area contributed by atoms with Crippen molar-refractivity contribution in [2.24, 2.45) is 0 Å². The first-order valence-corrected chi connectivity index (χ1v) is 6.27. The highest BCUT2D eigenvalue weighted by molar-refractivity contribution is 6.05. The minimum Gasteiger partial charge on any atom is -0.482 e. The lowest BCUT2D eigenvalue weighted by Gasteiger charge is -2.26. The molecule has 0 bridgehead atoms. The van der Waals surface area contributed by atoms with Gasteiger partial charge in [0.2, 0.25) is 5.95 Å². The molecule has 106 valence electrons. The highest BCUT2D eigenvalue weighted by Gasteiger charge is 2.23. The molecule has 0 saturated heterocycles. The second kappa shape index (κ2) is 5.20. The van der Waals surface area contributed by atoms with Crippen molar-refractivity contribution in [3.8, 4) is 5.75 Å². The van der Waals surface area contributed by atoms with E-state index in [0.717, 1.165) is 0 Å². The van der Waals surface area contributed by atoms with Gasteiger partial charge in [-0.1, -0.05) is 0 Å². The van der Waals surface area contributed by atoms with Gasteiger partial charge in [0, 0.05) is 25.0 Å². The summed E-state index contributed by atoms with van der Waals surface area (Å²) in [5, 5.41) is 2.59. The van der Waals surface area contributed by atoms with E-state index in [4.69, 9.17) is 4.74 Å². The predicted molar refractivity (Wildman–Crippen MR) is 75.3 cm³/mol. The van der Waals surface area contributed by atoms with Crippen LogP contribution in [0.3, 0.4) is 0 Å². The smallest absolute Gasteiger partial charge is 0.264 e. The molecule has 1 aromatic heterocycles. The summed E-state index contributed by atoms with van der Waals surface area (Å²) in [7, 11) is 1.64. The number of hydrogen-bond acceptors (Lipinski definition) is 5. The van der Waals surface area contributed by atoms with Crippen molar-refractivity contribution in [1.29, 1.82) is 0 Å². The van der Waals surface area contributed by atoms with Crippen molar-refractivity contribution >= 4 is 23.5 Å². The Morgan fingerprint density at radius 3 is 2.86 bits per heavy atom. The number of likely N-dealkylation sites (N-methyl/N-ethyl adjacent to an activating group) is 1. The van der Waals surface area contributed by atoms with Crippen LogP contribution in [-0.2, 0) is 4.79 Å². The van der Waals surface area contributed by atoms with Crippen molar-refractivity contribution in [1.82, 2.24) is 9.97 Å². The summed E-state index contributed by atoms with van der Waals surface area (Å²) in [6.07, 6.45) is 3.07. The summed E-state index contributed by atoms with van der Waals surface area (Å²) in [6, 6.07) is 6.55. The van der Waals surface area contributed by atoms with Crippen LogP contribution in [0.15, 0.2) is 36.7 Å². The molecule has 3 rings (SSSR count). The fraction of sp³-hybridized carbons (Fsp3) is 0.143. The van der Waals surface area contributed by atoms with Gasteiger partial charge in [-0.15, -0.1) is 0 Å². The van der Waals surface area contributed by atoms with Gasteiger partial charge >= 0.3 is 0 Å². The number of anilines is 2. The average molecular weight is 284 g/mol. The Morgan fingerprint density at radius 2 is 2.10 bits per heavy atom. The molecule has 0 radical (unpaired) electrons. The molecule has 0 spiro atoms. The van der Waals surface area contributed by atoms with Crippen molar-refractivity contribution in [2.75, 3.05) is 23.9 Å². The maximum absolute atomic E-state index is 12.2. The number of benzene rings is 1. The number of rotatable bonds is 2. The summed E-state index contributed by atoms with van der Waals surface area (Å²) in [5.74, 6) is 0.285. The molecule has 0 saturated carbocycles. The molecule has 2 amide bonds. The largest absolute Gasteiger partial charge is 0.482 e. The van der Waals surface area contributed by atoms with Crippen LogP contribution in [0.5, 0.6) is 5.75 Å². The van der Waals surface area contributed by atoms with Gasteiger partial charge in [-0.25, -0.2) is 9.97 Å². The molecule has 2 aromatic rings.